The maximum Gasteiger partial charge on any atom is 0.267 e. The number of thioether (sulfide) groups is 1. The minimum Gasteiger partial charge on any atom is -0.401 e. The normalized spacial score (nSPS) is 13.9. The van der Waals surface area contributed by atoms with E-state index >= 15 is 0 Å². The summed E-state index contributed by atoms with van der Waals surface area (Å²) in [7, 11) is 0. The van der Waals surface area contributed by atoms with E-state index < -0.39 is 0 Å². The van der Waals surface area contributed by atoms with Crippen LogP contribution in [0.15, 0.2) is 45.5 Å². The van der Waals surface area contributed by atoms with Crippen LogP contribution in [-0.4, -0.2) is 21.1 Å². The maximum absolute atomic E-state index is 13.8. The van der Waals surface area contributed by atoms with Crippen molar-refractivity contribution >= 4 is 39.1 Å². The molecule has 1 aromatic carbocycles. The average Bonchev–Trinajstić information content (AvgIpc) is 3.21. The SMILES string of the molecule is CCCCc1ccc(-n2c(SCC(=O)/C(C#N)=C(\C)N)nc3sc4c(c3c2=O)CCCC4)cc1. The van der Waals surface area contributed by atoms with Crippen molar-refractivity contribution in [1.29, 1.82) is 5.26 Å². The fraction of sp³-hybridized carbons (Fsp3) is 0.385. The Balaban J connectivity index is 1.80. The molecule has 8 heteroatoms. The molecule has 0 fully saturated rings. The maximum atomic E-state index is 13.8. The molecule has 2 N–H and O–H groups in total. The molecule has 0 unspecified atom stereocenters. The van der Waals surface area contributed by atoms with Crippen LogP contribution in [0.5, 0.6) is 0 Å². The summed E-state index contributed by atoms with van der Waals surface area (Å²) in [5.74, 6) is -0.386. The summed E-state index contributed by atoms with van der Waals surface area (Å²) in [5, 5.41) is 10.4. The standard InChI is InChI=1S/C26H28N4O2S2/c1-3-4-7-17-10-12-18(13-11-17)30-25(32)23-19-8-5-6-9-22(19)34-24(23)29-26(30)33-15-21(31)20(14-27)16(2)28/h10-13H,3-9,15,28H2,1-2H3/b20-16+. The van der Waals surface area contributed by atoms with Crippen LogP contribution in [0.2, 0.25) is 0 Å². The van der Waals surface area contributed by atoms with Gasteiger partial charge in [-0.25, -0.2) is 4.98 Å². The first-order valence-corrected chi connectivity index (χ1v) is 13.4. The minimum atomic E-state index is -0.367. The molecule has 2 aromatic heterocycles. The van der Waals surface area contributed by atoms with Crippen LogP contribution in [-0.2, 0) is 24.1 Å². The molecule has 0 atom stereocenters. The molecule has 0 amide bonds. The molecule has 0 aliphatic heterocycles. The van der Waals surface area contributed by atoms with Crippen molar-refractivity contribution in [2.75, 3.05) is 5.75 Å². The summed E-state index contributed by atoms with van der Waals surface area (Å²) in [6, 6.07) is 9.90. The minimum absolute atomic E-state index is 0.0188. The first-order chi connectivity index (χ1) is 16.4. The summed E-state index contributed by atoms with van der Waals surface area (Å²) < 4.78 is 1.62. The number of thiophene rings is 1. The van der Waals surface area contributed by atoms with Crippen molar-refractivity contribution in [2.24, 2.45) is 5.73 Å². The summed E-state index contributed by atoms with van der Waals surface area (Å²) in [6.07, 6.45) is 7.34. The lowest BCUT2D eigenvalue weighted by atomic mass is 9.97. The zero-order chi connectivity index (χ0) is 24.2. The van der Waals surface area contributed by atoms with Gasteiger partial charge in [0.2, 0.25) is 0 Å². The van der Waals surface area contributed by atoms with Crippen LogP contribution in [0.3, 0.4) is 0 Å². The number of rotatable bonds is 8. The van der Waals surface area contributed by atoms with Gasteiger partial charge in [0.05, 0.1) is 16.8 Å². The van der Waals surface area contributed by atoms with E-state index in [9.17, 15) is 14.9 Å². The highest BCUT2D eigenvalue weighted by Crippen LogP contribution is 2.35. The summed E-state index contributed by atoms with van der Waals surface area (Å²) in [5.41, 5.74) is 8.86. The molecule has 1 aliphatic carbocycles. The molecule has 1 aliphatic rings. The third-order valence-corrected chi connectivity index (χ3v) is 8.21. The van der Waals surface area contributed by atoms with Crippen molar-refractivity contribution in [2.45, 2.75) is 63.9 Å². The number of nitrogens with two attached hydrogens (primary N) is 1. The first kappa shape index (κ1) is 24.2. The molecule has 0 saturated heterocycles. The molecule has 34 heavy (non-hydrogen) atoms. The number of aryl methyl sites for hydroxylation is 3. The number of benzene rings is 1. The number of unbranched alkanes of at least 4 members (excludes halogenated alkanes) is 1. The number of allylic oxidation sites excluding steroid dienone is 2. The lowest BCUT2D eigenvalue weighted by Crippen LogP contribution is -2.23. The van der Waals surface area contributed by atoms with Crippen LogP contribution in [0.25, 0.3) is 15.9 Å². The molecule has 0 bridgehead atoms. The van der Waals surface area contributed by atoms with E-state index in [1.165, 1.54) is 29.1 Å². The van der Waals surface area contributed by atoms with Gasteiger partial charge in [-0.15, -0.1) is 11.3 Å². The lowest BCUT2D eigenvalue weighted by Gasteiger charge is -2.14. The number of carbonyl (C=O) groups excluding carboxylic acids is 1. The Morgan fingerprint density at radius 2 is 2.00 bits per heavy atom. The molecule has 0 saturated carbocycles. The number of aromatic nitrogens is 2. The monoisotopic (exact) mass is 492 g/mol. The second-order valence-electron chi connectivity index (χ2n) is 8.58. The van der Waals surface area contributed by atoms with Gasteiger partial charge in [-0.1, -0.05) is 37.2 Å². The van der Waals surface area contributed by atoms with Gasteiger partial charge in [0.25, 0.3) is 5.56 Å². The fourth-order valence-electron chi connectivity index (χ4n) is 4.28. The predicted molar refractivity (Wildman–Crippen MR) is 139 cm³/mol. The fourth-order valence-corrected chi connectivity index (χ4v) is 6.46. The van der Waals surface area contributed by atoms with Gasteiger partial charge >= 0.3 is 0 Å². The second-order valence-corrected chi connectivity index (χ2v) is 10.6. The molecule has 2 heterocycles. The zero-order valence-corrected chi connectivity index (χ0v) is 21.2. The van der Waals surface area contributed by atoms with Crippen LogP contribution in [0.1, 0.15) is 55.5 Å². The highest BCUT2D eigenvalue weighted by Gasteiger charge is 2.23. The van der Waals surface area contributed by atoms with Gasteiger partial charge in [0, 0.05) is 10.6 Å². The van der Waals surface area contributed by atoms with E-state index in [0.717, 1.165) is 61.0 Å². The van der Waals surface area contributed by atoms with E-state index in [0.29, 0.717) is 10.5 Å². The van der Waals surface area contributed by atoms with Gasteiger partial charge < -0.3 is 5.73 Å². The van der Waals surface area contributed by atoms with Crippen molar-refractivity contribution in [3.8, 4) is 11.8 Å². The van der Waals surface area contributed by atoms with Crippen molar-refractivity contribution in [3.63, 3.8) is 0 Å². The van der Waals surface area contributed by atoms with E-state index in [1.54, 1.807) is 15.9 Å². The first-order valence-electron chi connectivity index (χ1n) is 11.6. The molecular weight excluding hydrogens is 464 g/mol. The molecule has 176 valence electrons. The largest absolute Gasteiger partial charge is 0.401 e. The van der Waals surface area contributed by atoms with Crippen LogP contribution >= 0.6 is 23.1 Å². The van der Waals surface area contributed by atoms with E-state index in [2.05, 4.69) is 19.1 Å². The Hall–Kier alpha value is -2.89. The molecule has 0 spiro atoms. The summed E-state index contributed by atoms with van der Waals surface area (Å²) >= 11 is 2.76. The molecular formula is C26H28N4O2S2. The summed E-state index contributed by atoms with van der Waals surface area (Å²) in [4.78, 5) is 33.3. The second kappa shape index (κ2) is 10.6. The quantitative estimate of drug-likeness (QED) is 0.203. The average molecular weight is 493 g/mol. The van der Waals surface area contributed by atoms with Gasteiger partial charge in [0.15, 0.2) is 10.9 Å². The number of hydrogen-bond donors (Lipinski definition) is 1. The number of nitrogens with zero attached hydrogens (tertiary/aromatic N) is 3. The third kappa shape index (κ3) is 4.82. The highest BCUT2D eigenvalue weighted by molar-refractivity contribution is 7.99. The van der Waals surface area contributed by atoms with E-state index in [1.807, 2.05) is 18.2 Å². The topological polar surface area (TPSA) is 102 Å². The molecule has 6 nitrogen and oxygen atoms in total. The number of ketones is 1. The van der Waals surface area contributed by atoms with E-state index in [4.69, 9.17) is 10.7 Å². The molecule has 3 aromatic rings. The Kier molecular flexibility index (Phi) is 7.54. The van der Waals surface area contributed by atoms with E-state index in [-0.39, 0.29) is 28.4 Å². The van der Waals surface area contributed by atoms with Crippen LogP contribution < -0.4 is 11.3 Å². The number of carbonyl (C=O) groups is 1. The van der Waals surface area contributed by atoms with Crippen molar-refractivity contribution in [1.82, 2.24) is 9.55 Å². The zero-order valence-electron chi connectivity index (χ0n) is 19.5. The van der Waals surface area contributed by atoms with Crippen molar-refractivity contribution < 1.29 is 4.79 Å². The van der Waals surface area contributed by atoms with Crippen molar-refractivity contribution in [3.05, 3.63) is 61.9 Å². The number of hydrogen-bond acceptors (Lipinski definition) is 7. The molecule has 0 radical (unpaired) electrons. The third-order valence-electron chi connectivity index (χ3n) is 6.09. The van der Waals surface area contributed by atoms with Crippen LogP contribution in [0, 0.1) is 11.3 Å². The smallest absolute Gasteiger partial charge is 0.267 e. The molecule has 4 rings (SSSR count). The van der Waals surface area contributed by atoms with Gasteiger partial charge in [0.1, 0.15) is 16.5 Å². The van der Waals surface area contributed by atoms with Crippen LogP contribution in [0.4, 0.5) is 0 Å². The van der Waals surface area contributed by atoms with Gasteiger partial charge in [-0.2, -0.15) is 5.26 Å². The Morgan fingerprint density at radius 3 is 2.68 bits per heavy atom. The summed E-state index contributed by atoms with van der Waals surface area (Å²) in [6.45, 7) is 3.71. The Bertz CT molecular complexity index is 1360. The number of nitriles is 1. The highest BCUT2D eigenvalue weighted by atomic mass is 32.2. The lowest BCUT2D eigenvalue weighted by molar-refractivity contribution is -0.112. The number of Topliss-reactive ketones (excluding diaryl/α,β-unsaturated/α-hetero) is 1. The van der Waals surface area contributed by atoms with Gasteiger partial charge in [-0.05, 0) is 68.7 Å². The Morgan fingerprint density at radius 1 is 1.26 bits per heavy atom. The number of fused-ring (bicyclic) bond motifs is 3. The van der Waals surface area contributed by atoms with Gasteiger partial charge in [-0.3, -0.25) is 14.2 Å². The Labute approximate surface area is 207 Å². The predicted octanol–water partition coefficient (Wildman–Crippen LogP) is 5.09.